The first kappa shape index (κ1) is 13.1. The van der Waals surface area contributed by atoms with Crippen LogP contribution in [0.5, 0.6) is 0 Å². The maximum absolute atomic E-state index is 11.2. The topological polar surface area (TPSA) is 40.5 Å². The van der Waals surface area contributed by atoms with Crippen molar-refractivity contribution >= 4 is 5.97 Å². The zero-order valence-corrected chi connectivity index (χ0v) is 11.1. The van der Waals surface area contributed by atoms with E-state index in [0.717, 1.165) is 25.8 Å². The zero-order valence-electron chi connectivity index (χ0n) is 11.1. The number of rotatable bonds is 4. The van der Waals surface area contributed by atoms with E-state index in [1.807, 2.05) is 0 Å². The fourth-order valence-electron chi connectivity index (χ4n) is 2.74. The maximum Gasteiger partial charge on any atom is 0.320 e. The predicted octanol–water partition coefficient (Wildman–Crippen LogP) is 2.86. The zero-order chi connectivity index (χ0) is 13.1. The molecular weight excluding hydrogens is 226 g/mol. The molecule has 1 saturated heterocycles. The second-order valence-electron chi connectivity index (χ2n) is 5.01. The Labute approximate surface area is 108 Å². The van der Waals surface area contributed by atoms with Gasteiger partial charge in [-0.3, -0.25) is 9.69 Å². The molecule has 0 spiro atoms. The van der Waals surface area contributed by atoms with Crippen LogP contribution in [0.4, 0.5) is 0 Å². The lowest BCUT2D eigenvalue weighted by Crippen LogP contribution is -2.37. The maximum atomic E-state index is 11.2. The summed E-state index contributed by atoms with van der Waals surface area (Å²) in [5, 5.41) is 9.22. The molecule has 0 radical (unpaired) electrons. The molecule has 0 amide bonds. The van der Waals surface area contributed by atoms with Gasteiger partial charge in [-0.25, -0.2) is 0 Å². The average molecular weight is 247 g/mol. The molecule has 1 fully saturated rings. The third-order valence-corrected chi connectivity index (χ3v) is 3.95. The molecule has 3 nitrogen and oxygen atoms in total. The van der Waals surface area contributed by atoms with Crippen molar-refractivity contribution in [2.45, 2.75) is 45.2 Å². The van der Waals surface area contributed by atoms with Gasteiger partial charge in [0, 0.05) is 6.04 Å². The third-order valence-electron chi connectivity index (χ3n) is 3.95. The minimum absolute atomic E-state index is 0.180. The molecule has 18 heavy (non-hydrogen) atoms. The summed E-state index contributed by atoms with van der Waals surface area (Å²) in [6.07, 6.45) is 2.79. The Morgan fingerprint density at radius 3 is 2.67 bits per heavy atom. The minimum Gasteiger partial charge on any atom is -0.480 e. The molecule has 0 saturated carbocycles. The SMILES string of the molecule is CCc1ccc(C(C)N2CCCC2C(=O)O)cc1. The predicted molar refractivity (Wildman–Crippen MR) is 71.6 cm³/mol. The number of carboxylic acids is 1. The van der Waals surface area contributed by atoms with Gasteiger partial charge >= 0.3 is 5.97 Å². The monoisotopic (exact) mass is 247 g/mol. The lowest BCUT2D eigenvalue weighted by molar-refractivity contribution is -0.142. The summed E-state index contributed by atoms with van der Waals surface area (Å²) in [6.45, 7) is 5.12. The van der Waals surface area contributed by atoms with Crippen LogP contribution < -0.4 is 0 Å². The summed E-state index contributed by atoms with van der Waals surface area (Å²) < 4.78 is 0. The van der Waals surface area contributed by atoms with Crippen molar-refractivity contribution < 1.29 is 9.90 Å². The van der Waals surface area contributed by atoms with Gasteiger partial charge in [0.05, 0.1) is 0 Å². The Kier molecular flexibility index (Phi) is 4.02. The van der Waals surface area contributed by atoms with E-state index in [0.29, 0.717) is 0 Å². The van der Waals surface area contributed by atoms with Crippen LogP contribution in [0.25, 0.3) is 0 Å². The molecular formula is C15H21NO2. The van der Waals surface area contributed by atoms with E-state index >= 15 is 0 Å². The van der Waals surface area contributed by atoms with Crippen molar-refractivity contribution in [1.29, 1.82) is 0 Å². The van der Waals surface area contributed by atoms with Gasteiger partial charge in [-0.1, -0.05) is 31.2 Å². The lowest BCUT2D eigenvalue weighted by Gasteiger charge is -2.28. The molecule has 1 heterocycles. The van der Waals surface area contributed by atoms with Gasteiger partial charge in [0.15, 0.2) is 0 Å². The highest BCUT2D eigenvalue weighted by Crippen LogP contribution is 2.29. The Balaban J connectivity index is 2.14. The van der Waals surface area contributed by atoms with E-state index < -0.39 is 5.97 Å². The van der Waals surface area contributed by atoms with E-state index in [-0.39, 0.29) is 12.1 Å². The number of hydrogen-bond donors (Lipinski definition) is 1. The molecule has 1 aromatic carbocycles. The summed E-state index contributed by atoms with van der Waals surface area (Å²) in [4.78, 5) is 13.3. The molecule has 3 heteroatoms. The summed E-state index contributed by atoms with van der Waals surface area (Å²) in [5.41, 5.74) is 2.53. The van der Waals surface area contributed by atoms with Crippen LogP contribution in [0.15, 0.2) is 24.3 Å². The van der Waals surface area contributed by atoms with Crippen molar-refractivity contribution in [2.75, 3.05) is 6.54 Å². The van der Waals surface area contributed by atoms with E-state index in [9.17, 15) is 9.90 Å². The van der Waals surface area contributed by atoms with Crippen LogP contribution in [0.3, 0.4) is 0 Å². The van der Waals surface area contributed by atoms with E-state index in [4.69, 9.17) is 0 Å². The van der Waals surface area contributed by atoms with Gasteiger partial charge in [0.2, 0.25) is 0 Å². The summed E-state index contributed by atoms with van der Waals surface area (Å²) in [5.74, 6) is -0.690. The Bertz CT molecular complexity index is 413. The second-order valence-corrected chi connectivity index (χ2v) is 5.01. The molecule has 0 aliphatic carbocycles. The average Bonchev–Trinajstić information content (AvgIpc) is 2.87. The van der Waals surface area contributed by atoms with E-state index in [1.54, 1.807) is 0 Å². The van der Waals surface area contributed by atoms with Crippen LogP contribution in [0.1, 0.15) is 43.9 Å². The molecule has 1 aromatic rings. The van der Waals surface area contributed by atoms with Gasteiger partial charge in [-0.2, -0.15) is 0 Å². The summed E-state index contributed by atoms with van der Waals surface area (Å²) in [7, 11) is 0. The Morgan fingerprint density at radius 2 is 2.11 bits per heavy atom. The van der Waals surface area contributed by atoms with Crippen molar-refractivity contribution in [2.24, 2.45) is 0 Å². The number of carbonyl (C=O) groups is 1. The van der Waals surface area contributed by atoms with Crippen molar-refractivity contribution in [1.82, 2.24) is 4.90 Å². The summed E-state index contributed by atoms with van der Waals surface area (Å²) >= 11 is 0. The molecule has 1 aliphatic heterocycles. The van der Waals surface area contributed by atoms with Crippen LogP contribution in [-0.4, -0.2) is 28.6 Å². The Morgan fingerprint density at radius 1 is 1.44 bits per heavy atom. The highest BCUT2D eigenvalue weighted by atomic mass is 16.4. The second kappa shape index (κ2) is 5.53. The number of benzene rings is 1. The number of aryl methyl sites for hydroxylation is 1. The molecule has 98 valence electrons. The van der Waals surface area contributed by atoms with Crippen LogP contribution >= 0.6 is 0 Å². The van der Waals surface area contributed by atoms with Gasteiger partial charge < -0.3 is 5.11 Å². The molecule has 1 aliphatic rings. The van der Waals surface area contributed by atoms with Gasteiger partial charge in [-0.15, -0.1) is 0 Å². The molecule has 2 atom stereocenters. The third kappa shape index (κ3) is 2.56. The van der Waals surface area contributed by atoms with E-state index in [1.165, 1.54) is 11.1 Å². The van der Waals surface area contributed by atoms with Crippen LogP contribution in [0.2, 0.25) is 0 Å². The molecule has 2 rings (SSSR count). The number of hydrogen-bond acceptors (Lipinski definition) is 2. The van der Waals surface area contributed by atoms with E-state index in [2.05, 4.69) is 43.0 Å². The summed E-state index contributed by atoms with van der Waals surface area (Å²) in [6, 6.07) is 8.39. The number of aliphatic carboxylic acids is 1. The smallest absolute Gasteiger partial charge is 0.320 e. The highest BCUT2D eigenvalue weighted by molar-refractivity contribution is 5.73. The fourth-order valence-corrected chi connectivity index (χ4v) is 2.74. The standard InChI is InChI=1S/C15H21NO2/c1-3-12-6-8-13(9-7-12)11(2)16-10-4-5-14(16)15(17)18/h6-9,11,14H,3-5,10H2,1-2H3,(H,17,18). The molecule has 0 aromatic heterocycles. The largest absolute Gasteiger partial charge is 0.480 e. The van der Waals surface area contributed by atoms with Crippen molar-refractivity contribution in [3.8, 4) is 0 Å². The lowest BCUT2D eigenvalue weighted by atomic mass is 10.0. The van der Waals surface area contributed by atoms with Gasteiger partial charge in [-0.05, 0) is 43.9 Å². The van der Waals surface area contributed by atoms with Gasteiger partial charge in [0.25, 0.3) is 0 Å². The first-order chi connectivity index (χ1) is 8.63. The minimum atomic E-state index is -0.690. The Hall–Kier alpha value is -1.35. The number of carboxylic acid groups (broad SMARTS) is 1. The number of likely N-dealkylation sites (tertiary alicyclic amines) is 1. The first-order valence-corrected chi connectivity index (χ1v) is 6.71. The first-order valence-electron chi connectivity index (χ1n) is 6.71. The molecule has 1 N–H and O–H groups in total. The van der Waals surface area contributed by atoms with Crippen LogP contribution in [0, 0.1) is 0 Å². The van der Waals surface area contributed by atoms with Crippen molar-refractivity contribution in [3.05, 3.63) is 35.4 Å². The van der Waals surface area contributed by atoms with Crippen LogP contribution in [-0.2, 0) is 11.2 Å². The van der Waals surface area contributed by atoms with Gasteiger partial charge in [0.1, 0.15) is 6.04 Å². The van der Waals surface area contributed by atoms with Crippen molar-refractivity contribution in [3.63, 3.8) is 0 Å². The normalized spacial score (nSPS) is 22.0. The number of nitrogens with zero attached hydrogens (tertiary/aromatic N) is 1. The fraction of sp³-hybridized carbons (Fsp3) is 0.533. The molecule has 0 bridgehead atoms. The highest BCUT2D eigenvalue weighted by Gasteiger charge is 2.33. The molecule has 2 unspecified atom stereocenters. The quantitative estimate of drug-likeness (QED) is 0.889.